The molecule has 39 heavy (non-hydrogen) atoms. The third-order valence-corrected chi connectivity index (χ3v) is 6.10. The fourth-order valence-electron chi connectivity index (χ4n) is 4.12. The van der Waals surface area contributed by atoms with Crippen LogP contribution in [-0.2, 0) is 22.4 Å². The summed E-state index contributed by atoms with van der Waals surface area (Å²) in [5.74, 6) is -1.46. The molecule has 0 fully saturated rings. The first-order chi connectivity index (χ1) is 19.0. The van der Waals surface area contributed by atoms with Gasteiger partial charge in [0, 0.05) is 17.5 Å². The minimum Gasteiger partial charge on any atom is -0.508 e. The lowest BCUT2D eigenvalue weighted by Gasteiger charge is -2.22. The van der Waals surface area contributed by atoms with Crippen molar-refractivity contribution < 1.29 is 24.2 Å². The summed E-state index contributed by atoms with van der Waals surface area (Å²) in [4.78, 5) is 39.1. The van der Waals surface area contributed by atoms with Gasteiger partial charge in [-0.25, -0.2) is 4.79 Å². The summed E-state index contributed by atoms with van der Waals surface area (Å²) in [6.45, 7) is -0.0837. The molecular formula is C32H30N2O5. The Morgan fingerprint density at radius 3 is 1.79 bits per heavy atom. The lowest BCUT2D eigenvalue weighted by atomic mass is 10.0. The lowest BCUT2D eigenvalue weighted by molar-refractivity contribution is -0.146. The number of carbonyl (C=O) groups excluding carboxylic acids is 3. The zero-order chi connectivity index (χ0) is 27.5. The van der Waals surface area contributed by atoms with Crippen LogP contribution in [0, 0.1) is 0 Å². The van der Waals surface area contributed by atoms with E-state index in [-0.39, 0.29) is 30.2 Å². The van der Waals surface area contributed by atoms with E-state index in [9.17, 15) is 19.5 Å². The van der Waals surface area contributed by atoms with Gasteiger partial charge in [-0.1, -0.05) is 84.9 Å². The summed E-state index contributed by atoms with van der Waals surface area (Å²) in [6.07, 6.45) is 0.662. The predicted octanol–water partition coefficient (Wildman–Crippen LogP) is 4.32. The van der Waals surface area contributed by atoms with E-state index in [4.69, 9.17) is 4.74 Å². The number of rotatable bonds is 11. The van der Waals surface area contributed by atoms with Crippen LogP contribution in [0.4, 0.5) is 0 Å². The molecule has 0 spiro atoms. The number of esters is 1. The first-order valence-corrected chi connectivity index (χ1v) is 12.7. The molecule has 4 aromatic carbocycles. The maximum Gasteiger partial charge on any atom is 0.329 e. The smallest absolute Gasteiger partial charge is 0.329 e. The summed E-state index contributed by atoms with van der Waals surface area (Å²) in [7, 11) is 0. The number of benzene rings is 4. The molecule has 0 radical (unpaired) electrons. The molecule has 0 aromatic heterocycles. The monoisotopic (exact) mass is 522 g/mol. The fraction of sp³-hybridized carbons (Fsp3) is 0.156. The van der Waals surface area contributed by atoms with E-state index >= 15 is 0 Å². The molecule has 2 atom stereocenters. The molecule has 3 N–H and O–H groups in total. The number of hydrogen-bond donors (Lipinski definition) is 3. The molecule has 0 aliphatic heterocycles. The van der Waals surface area contributed by atoms with Crippen molar-refractivity contribution in [2.75, 3.05) is 6.61 Å². The van der Waals surface area contributed by atoms with Crippen molar-refractivity contribution in [1.29, 1.82) is 0 Å². The molecule has 0 aliphatic carbocycles. The van der Waals surface area contributed by atoms with Crippen LogP contribution < -0.4 is 10.6 Å². The van der Waals surface area contributed by atoms with E-state index in [1.54, 1.807) is 36.4 Å². The average molecular weight is 523 g/mol. The summed E-state index contributed by atoms with van der Waals surface area (Å²) in [5.41, 5.74) is 2.54. The van der Waals surface area contributed by atoms with E-state index in [2.05, 4.69) is 10.6 Å². The van der Waals surface area contributed by atoms with Crippen LogP contribution in [0.2, 0.25) is 0 Å². The zero-order valence-corrected chi connectivity index (χ0v) is 21.3. The number of phenolic OH excluding ortho intramolecular Hbond substituents is 1. The van der Waals surface area contributed by atoms with Gasteiger partial charge in [0.2, 0.25) is 0 Å². The quantitative estimate of drug-likeness (QED) is 0.255. The van der Waals surface area contributed by atoms with Gasteiger partial charge in [0.25, 0.3) is 11.8 Å². The van der Waals surface area contributed by atoms with E-state index in [0.717, 1.165) is 11.1 Å². The molecular weight excluding hydrogens is 492 g/mol. The van der Waals surface area contributed by atoms with Gasteiger partial charge in [0.1, 0.15) is 18.4 Å². The van der Waals surface area contributed by atoms with Crippen molar-refractivity contribution >= 4 is 17.8 Å². The zero-order valence-electron chi connectivity index (χ0n) is 21.3. The van der Waals surface area contributed by atoms with Crippen molar-refractivity contribution in [3.8, 4) is 5.75 Å². The second-order valence-corrected chi connectivity index (χ2v) is 9.12. The van der Waals surface area contributed by atoms with Crippen molar-refractivity contribution in [2.45, 2.75) is 24.9 Å². The Morgan fingerprint density at radius 1 is 0.641 bits per heavy atom. The van der Waals surface area contributed by atoms with Crippen LogP contribution in [0.15, 0.2) is 115 Å². The predicted molar refractivity (Wildman–Crippen MR) is 148 cm³/mol. The number of carbonyl (C=O) groups is 3. The highest BCUT2D eigenvalue weighted by molar-refractivity contribution is 5.97. The number of nitrogens with one attached hydrogen (secondary N) is 2. The molecule has 7 nitrogen and oxygen atoms in total. The second kappa shape index (κ2) is 13.6. The Morgan fingerprint density at radius 2 is 1.18 bits per heavy atom. The van der Waals surface area contributed by atoms with Crippen molar-refractivity contribution in [1.82, 2.24) is 10.6 Å². The third kappa shape index (κ3) is 8.30. The minimum absolute atomic E-state index is 0.0530. The largest absolute Gasteiger partial charge is 0.508 e. The lowest BCUT2D eigenvalue weighted by Crippen LogP contribution is -2.46. The van der Waals surface area contributed by atoms with Crippen LogP contribution in [0.1, 0.15) is 31.8 Å². The van der Waals surface area contributed by atoms with Gasteiger partial charge < -0.3 is 20.5 Å². The molecule has 0 aliphatic rings. The number of ether oxygens (including phenoxy) is 1. The molecule has 0 heterocycles. The van der Waals surface area contributed by atoms with Gasteiger partial charge in [-0.05, 0) is 47.9 Å². The molecule has 4 rings (SSSR count). The SMILES string of the molecule is O=C(N[C@H](COC(=O)[C@H](Cc1ccccc1)NC(=O)c1cccc(O)c1)Cc1ccccc1)c1ccccc1. The van der Waals surface area contributed by atoms with Crippen LogP contribution >= 0.6 is 0 Å². The van der Waals surface area contributed by atoms with Crippen molar-refractivity contribution in [2.24, 2.45) is 0 Å². The van der Waals surface area contributed by atoms with Gasteiger partial charge in [0.05, 0.1) is 6.04 Å². The fourth-order valence-corrected chi connectivity index (χ4v) is 4.12. The molecule has 7 heteroatoms. The van der Waals surface area contributed by atoms with Gasteiger partial charge in [0.15, 0.2) is 0 Å². The molecule has 198 valence electrons. The summed E-state index contributed by atoms with van der Waals surface area (Å²) >= 11 is 0. The molecule has 4 aromatic rings. The van der Waals surface area contributed by atoms with Gasteiger partial charge in [-0.15, -0.1) is 0 Å². The van der Waals surface area contributed by atoms with Crippen molar-refractivity contribution in [3.63, 3.8) is 0 Å². The standard InChI is InChI=1S/C32H30N2O5/c35-28-18-10-17-26(21-28)31(37)34-29(20-24-13-6-2-7-14-24)32(38)39-22-27(19-23-11-4-1-5-12-23)33-30(36)25-15-8-3-9-16-25/h1-18,21,27,29,35H,19-20,22H2,(H,33,36)(H,34,37)/t27-,29-/m0/s1. The van der Waals surface area contributed by atoms with Gasteiger partial charge in [-0.2, -0.15) is 0 Å². The van der Waals surface area contributed by atoms with Gasteiger partial charge >= 0.3 is 5.97 Å². The van der Waals surface area contributed by atoms with Gasteiger partial charge in [-0.3, -0.25) is 9.59 Å². The minimum atomic E-state index is -0.982. The Bertz CT molecular complexity index is 1380. The Balaban J connectivity index is 1.48. The summed E-state index contributed by atoms with van der Waals surface area (Å²) in [6, 6.07) is 32.1. The van der Waals surface area contributed by atoms with Crippen LogP contribution in [-0.4, -0.2) is 41.6 Å². The summed E-state index contributed by atoms with van der Waals surface area (Å²) in [5, 5.41) is 15.5. The Hall–Kier alpha value is -4.91. The highest BCUT2D eigenvalue weighted by atomic mass is 16.5. The molecule has 0 saturated heterocycles. The molecule has 0 saturated carbocycles. The van der Waals surface area contributed by atoms with Crippen LogP contribution in [0.3, 0.4) is 0 Å². The Labute approximate surface area is 227 Å². The summed E-state index contributed by atoms with van der Waals surface area (Å²) < 4.78 is 5.69. The van der Waals surface area contributed by atoms with E-state index in [1.807, 2.05) is 66.7 Å². The molecule has 2 amide bonds. The second-order valence-electron chi connectivity index (χ2n) is 9.12. The third-order valence-electron chi connectivity index (χ3n) is 6.10. The first kappa shape index (κ1) is 27.1. The molecule has 0 bridgehead atoms. The average Bonchev–Trinajstić information content (AvgIpc) is 2.97. The highest BCUT2D eigenvalue weighted by Crippen LogP contribution is 2.13. The van der Waals surface area contributed by atoms with E-state index < -0.39 is 24.0 Å². The topological polar surface area (TPSA) is 105 Å². The number of hydrogen-bond acceptors (Lipinski definition) is 5. The first-order valence-electron chi connectivity index (χ1n) is 12.7. The highest BCUT2D eigenvalue weighted by Gasteiger charge is 2.25. The maximum atomic E-state index is 13.3. The van der Waals surface area contributed by atoms with Crippen LogP contribution in [0.25, 0.3) is 0 Å². The van der Waals surface area contributed by atoms with Crippen LogP contribution in [0.5, 0.6) is 5.75 Å². The normalized spacial score (nSPS) is 12.1. The van der Waals surface area contributed by atoms with E-state index in [0.29, 0.717) is 12.0 Å². The maximum absolute atomic E-state index is 13.3. The number of aromatic hydroxyl groups is 1. The molecule has 0 unspecified atom stereocenters. The Kier molecular flexibility index (Phi) is 9.45. The number of phenols is 1. The number of amides is 2. The van der Waals surface area contributed by atoms with E-state index in [1.165, 1.54) is 12.1 Å². The van der Waals surface area contributed by atoms with Crippen molar-refractivity contribution in [3.05, 3.63) is 138 Å².